The highest BCUT2D eigenvalue weighted by Gasteiger charge is 2.19. The van der Waals surface area contributed by atoms with Crippen LogP contribution in [-0.4, -0.2) is 22.7 Å². The second-order valence-electron chi connectivity index (χ2n) is 4.70. The monoisotopic (exact) mass is 272 g/mol. The topological polar surface area (TPSA) is 64.2 Å². The van der Waals surface area contributed by atoms with Gasteiger partial charge in [-0.25, -0.2) is 0 Å². The van der Waals surface area contributed by atoms with E-state index in [1.807, 2.05) is 37.3 Å². The smallest absolute Gasteiger partial charge is 0.276 e. The first-order valence-electron chi connectivity index (χ1n) is 6.67. The molecule has 0 saturated carbocycles. The maximum absolute atomic E-state index is 12.6. The number of nitrogens with zero attached hydrogens (tertiary/aromatic N) is 3. The zero-order chi connectivity index (χ0) is 14.7. The molecule has 2 rings (SSSR count). The lowest BCUT2D eigenvalue weighted by atomic mass is 10.1. The molecule has 0 fully saturated rings. The van der Waals surface area contributed by atoms with Crippen LogP contribution in [0, 0.1) is 0 Å². The maximum Gasteiger partial charge on any atom is 0.276 e. The Morgan fingerprint density at radius 1 is 1.40 bits per heavy atom. The average Bonchev–Trinajstić information content (AvgIpc) is 2.86. The van der Waals surface area contributed by atoms with Gasteiger partial charge < -0.3 is 10.6 Å². The van der Waals surface area contributed by atoms with Gasteiger partial charge in [-0.2, -0.15) is 5.10 Å². The van der Waals surface area contributed by atoms with E-state index in [2.05, 4.69) is 5.10 Å². The standard InChI is InChI=1S/C15H20N4O/c1-4-12-9-14(19(3)17-12)15(20)18(2)13-8-6-5-7-11(13)10-16/h5-9H,4,10,16H2,1-3H3. The summed E-state index contributed by atoms with van der Waals surface area (Å²) in [6.45, 7) is 2.42. The van der Waals surface area contributed by atoms with E-state index in [9.17, 15) is 4.79 Å². The lowest BCUT2D eigenvalue weighted by Gasteiger charge is -2.20. The molecule has 106 valence electrons. The molecular weight excluding hydrogens is 252 g/mol. The van der Waals surface area contributed by atoms with Crippen LogP contribution in [0.5, 0.6) is 0 Å². The third-order valence-corrected chi connectivity index (χ3v) is 3.39. The minimum Gasteiger partial charge on any atom is -0.326 e. The molecule has 2 aromatic rings. The van der Waals surface area contributed by atoms with E-state index in [0.717, 1.165) is 23.4 Å². The van der Waals surface area contributed by atoms with Crippen LogP contribution in [-0.2, 0) is 20.0 Å². The van der Waals surface area contributed by atoms with Crippen LogP contribution in [0.1, 0.15) is 28.7 Å². The third-order valence-electron chi connectivity index (χ3n) is 3.39. The maximum atomic E-state index is 12.6. The van der Waals surface area contributed by atoms with Gasteiger partial charge >= 0.3 is 0 Å². The van der Waals surface area contributed by atoms with Crippen LogP contribution >= 0.6 is 0 Å². The summed E-state index contributed by atoms with van der Waals surface area (Å²) in [4.78, 5) is 14.2. The number of amides is 1. The third kappa shape index (κ3) is 2.58. The van der Waals surface area contributed by atoms with Gasteiger partial charge in [0.05, 0.1) is 5.69 Å². The number of anilines is 1. The predicted molar refractivity (Wildman–Crippen MR) is 79.7 cm³/mol. The van der Waals surface area contributed by atoms with Crippen LogP contribution in [0.15, 0.2) is 30.3 Å². The number of rotatable bonds is 4. The molecule has 1 aromatic carbocycles. The van der Waals surface area contributed by atoms with Gasteiger partial charge in [-0.3, -0.25) is 9.48 Å². The Balaban J connectivity index is 2.34. The van der Waals surface area contributed by atoms with Crippen LogP contribution in [0.4, 0.5) is 5.69 Å². The molecule has 0 atom stereocenters. The molecule has 20 heavy (non-hydrogen) atoms. The summed E-state index contributed by atoms with van der Waals surface area (Å²) in [6, 6.07) is 9.49. The number of hydrogen-bond donors (Lipinski definition) is 1. The predicted octanol–water partition coefficient (Wildman–Crippen LogP) is 1.72. The van der Waals surface area contributed by atoms with Gasteiger partial charge in [-0.1, -0.05) is 25.1 Å². The van der Waals surface area contributed by atoms with E-state index in [-0.39, 0.29) is 5.91 Å². The number of hydrogen-bond acceptors (Lipinski definition) is 3. The van der Waals surface area contributed by atoms with E-state index in [1.54, 1.807) is 23.7 Å². The molecule has 0 aliphatic rings. The molecule has 2 N–H and O–H groups in total. The van der Waals surface area contributed by atoms with E-state index in [1.165, 1.54) is 0 Å². The number of benzene rings is 1. The van der Waals surface area contributed by atoms with Crippen LogP contribution in [0.3, 0.4) is 0 Å². The molecule has 0 aliphatic carbocycles. The molecule has 0 unspecified atom stereocenters. The molecule has 1 amide bonds. The van der Waals surface area contributed by atoms with Gasteiger partial charge in [-0.05, 0) is 24.1 Å². The highest BCUT2D eigenvalue weighted by atomic mass is 16.2. The molecule has 0 aliphatic heterocycles. The molecule has 5 heteroatoms. The summed E-state index contributed by atoms with van der Waals surface area (Å²) >= 11 is 0. The summed E-state index contributed by atoms with van der Waals surface area (Å²) in [5, 5.41) is 4.31. The molecule has 1 heterocycles. The average molecular weight is 272 g/mol. The largest absolute Gasteiger partial charge is 0.326 e. The Kier molecular flexibility index (Phi) is 4.20. The van der Waals surface area contributed by atoms with Crippen molar-refractivity contribution in [3.8, 4) is 0 Å². The summed E-state index contributed by atoms with van der Waals surface area (Å²) in [7, 11) is 3.55. The van der Waals surface area contributed by atoms with Gasteiger partial charge in [0.15, 0.2) is 0 Å². The Morgan fingerprint density at radius 3 is 2.70 bits per heavy atom. The summed E-state index contributed by atoms with van der Waals surface area (Å²) in [5.74, 6) is -0.0828. The first kappa shape index (κ1) is 14.3. The molecule has 0 spiro atoms. The van der Waals surface area contributed by atoms with Crippen molar-refractivity contribution in [2.24, 2.45) is 12.8 Å². The van der Waals surface area contributed by atoms with Gasteiger partial charge in [0.25, 0.3) is 5.91 Å². The quantitative estimate of drug-likeness (QED) is 0.921. The van der Waals surface area contributed by atoms with E-state index in [4.69, 9.17) is 5.73 Å². The van der Waals surface area contributed by atoms with Crippen molar-refractivity contribution in [2.75, 3.05) is 11.9 Å². The first-order valence-corrected chi connectivity index (χ1v) is 6.67. The fraction of sp³-hybridized carbons (Fsp3) is 0.333. The molecule has 1 aromatic heterocycles. The number of carbonyl (C=O) groups excluding carboxylic acids is 1. The number of aromatic nitrogens is 2. The summed E-state index contributed by atoms with van der Waals surface area (Å²) in [5.41, 5.74) is 9.00. The lowest BCUT2D eigenvalue weighted by molar-refractivity contribution is 0.0984. The summed E-state index contributed by atoms with van der Waals surface area (Å²) < 4.78 is 1.63. The lowest BCUT2D eigenvalue weighted by Crippen LogP contribution is -2.29. The summed E-state index contributed by atoms with van der Waals surface area (Å²) in [6.07, 6.45) is 0.810. The first-order chi connectivity index (χ1) is 9.58. The Hall–Kier alpha value is -2.14. The van der Waals surface area contributed by atoms with Crippen molar-refractivity contribution >= 4 is 11.6 Å². The number of nitrogens with two attached hydrogens (primary N) is 1. The molecule has 0 bridgehead atoms. The molecule has 0 saturated heterocycles. The second kappa shape index (κ2) is 5.88. The molecule has 0 radical (unpaired) electrons. The van der Waals surface area contributed by atoms with E-state index >= 15 is 0 Å². The van der Waals surface area contributed by atoms with Crippen molar-refractivity contribution in [1.82, 2.24) is 9.78 Å². The zero-order valence-electron chi connectivity index (χ0n) is 12.1. The molecular formula is C15H20N4O. The fourth-order valence-electron chi connectivity index (χ4n) is 2.19. The van der Waals surface area contributed by atoms with Crippen molar-refractivity contribution in [1.29, 1.82) is 0 Å². The van der Waals surface area contributed by atoms with Crippen molar-refractivity contribution in [3.63, 3.8) is 0 Å². The highest BCUT2D eigenvalue weighted by molar-refractivity contribution is 6.05. The normalized spacial score (nSPS) is 10.6. The van der Waals surface area contributed by atoms with Crippen LogP contribution in [0.2, 0.25) is 0 Å². The van der Waals surface area contributed by atoms with Gasteiger partial charge in [0.1, 0.15) is 5.69 Å². The molecule has 5 nitrogen and oxygen atoms in total. The van der Waals surface area contributed by atoms with Crippen molar-refractivity contribution in [3.05, 3.63) is 47.3 Å². The number of aryl methyl sites for hydroxylation is 2. The van der Waals surface area contributed by atoms with Gasteiger partial charge in [0.2, 0.25) is 0 Å². The zero-order valence-corrected chi connectivity index (χ0v) is 12.1. The van der Waals surface area contributed by atoms with Crippen molar-refractivity contribution in [2.45, 2.75) is 19.9 Å². The van der Waals surface area contributed by atoms with E-state index < -0.39 is 0 Å². The second-order valence-corrected chi connectivity index (χ2v) is 4.70. The van der Waals surface area contributed by atoms with Gasteiger partial charge in [0, 0.05) is 26.3 Å². The Labute approximate surface area is 119 Å². The van der Waals surface area contributed by atoms with E-state index in [0.29, 0.717) is 12.2 Å². The van der Waals surface area contributed by atoms with Crippen LogP contribution in [0.25, 0.3) is 0 Å². The minimum absolute atomic E-state index is 0.0828. The minimum atomic E-state index is -0.0828. The Bertz CT molecular complexity index is 618. The number of carbonyl (C=O) groups is 1. The van der Waals surface area contributed by atoms with Crippen molar-refractivity contribution < 1.29 is 4.79 Å². The highest BCUT2D eigenvalue weighted by Crippen LogP contribution is 2.20. The fourth-order valence-corrected chi connectivity index (χ4v) is 2.19. The SMILES string of the molecule is CCc1cc(C(=O)N(C)c2ccccc2CN)n(C)n1. The number of para-hydroxylation sites is 1. The van der Waals surface area contributed by atoms with Crippen LogP contribution < -0.4 is 10.6 Å². The van der Waals surface area contributed by atoms with Gasteiger partial charge in [-0.15, -0.1) is 0 Å². The Morgan fingerprint density at radius 2 is 2.10 bits per heavy atom.